The number of rotatable bonds is 11. The van der Waals surface area contributed by atoms with E-state index in [9.17, 15) is 25.0 Å². The van der Waals surface area contributed by atoms with Crippen LogP contribution < -0.4 is 0 Å². The number of amides is 2. The van der Waals surface area contributed by atoms with Gasteiger partial charge in [0.05, 0.1) is 39.8 Å². The summed E-state index contributed by atoms with van der Waals surface area (Å²) < 4.78 is 0. The Labute approximate surface area is 240 Å². The van der Waals surface area contributed by atoms with Crippen molar-refractivity contribution in [1.82, 2.24) is 14.7 Å². The summed E-state index contributed by atoms with van der Waals surface area (Å²) in [4.78, 5) is 45.4. The van der Waals surface area contributed by atoms with E-state index in [4.69, 9.17) is 4.99 Å². The molecule has 2 aromatic carbocycles. The van der Waals surface area contributed by atoms with Gasteiger partial charge in [-0.05, 0) is 63.9 Å². The van der Waals surface area contributed by atoms with Crippen molar-refractivity contribution in [2.75, 3.05) is 33.2 Å². The Bertz CT molecular complexity index is 1360. The van der Waals surface area contributed by atoms with Gasteiger partial charge in [0.25, 0.3) is 5.69 Å². The second-order valence-corrected chi connectivity index (χ2v) is 10.8. The Morgan fingerprint density at radius 2 is 1.76 bits per heavy atom. The zero-order valence-corrected chi connectivity index (χ0v) is 23.8. The van der Waals surface area contributed by atoms with Crippen LogP contribution in [0.25, 0.3) is 0 Å². The number of carbonyl (C=O) groups is 2. The Morgan fingerprint density at radius 1 is 1.10 bits per heavy atom. The van der Waals surface area contributed by atoms with Gasteiger partial charge in [-0.2, -0.15) is 5.26 Å². The maximum absolute atomic E-state index is 12.5. The lowest BCUT2D eigenvalue weighted by Crippen LogP contribution is -2.47. The van der Waals surface area contributed by atoms with Crippen molar-refractivity contribution in [1.29, 1.82) is 5.26 Å². The van der Waals surface area contributed by atoms with Gasteiger partial charge in [0.15, 0.2) is 0 Å². The molecule has 1 saturated heterocycles. The monoisotopic (exact) mass is 556 g/mol. The number of carbonyl (C=O) groups excluding carboxylic acids is 2. The zero-order valence-electron chi connectivity index (χ0n) is 23.8. The molecule has 2 atom stereocenters. The molecule has 0 aliphatic carbocycles. The van der Waals surface area contributed by atoms with Gasteiger partial charge in [-0.15, -0.1) is 0 Å². The molecule has 214 valence electrons. The first-order chi connectivity index (χ1) is 19.7. The van der Waals surface area contributed by atoms with Crippen molar-refractivity contribution in [2.24, 2.45) is 4.99 Å². The van der Waals surface area contributed by atoms with Crippen LogP contribution in [0.4, 0.5) is 5.69 Å². The molecule has 2 aliphatic heterocycles. The number of piperidine rings is 1. The highest BCUT2D eigenvalue weighted by atomic mass is 16.6. The van der Waals surface area contributed by atoms with Crippen molar-refractivity contribution in [2.45, 2.75) is 50.5 Å². The molecular formula is C31H36N6O4. The highest BCUT2D eigenvalue weighted by Crippen LogP contribution is 2.39. The van der Waals surface area contributed by atoms with Crippen LogP contribution in [-0.2, 0) is 15.0 Å². The number of benzene rings is 2. The number of nitro benzene ring substituents is 1. The molecule has 0 bridgehead atoms. The molecule has 0 aromatic heterocycles. The molecule has 0 spiro atoms. The Hall–Kier alpha value is -4.36. The van der Waals surface area contributed by atoms with Crippen LogP contribution in [0.1, 0.15) is 50.2 Å². The Morgan fingerprint density at radius 3 is 2.32 bits per heavy atom. The van der Waals surface area contributed by atoms with E-state index in [1.165, 1.54) is 17.0 Å². The smallest absolute Gasteiger partial charge is 0.269 e. The van der Waals surface area contributed by atoms with Crippen LogP contribution in [0.5, 0.6) is 0 Å². The topological polar surface area (TPSA) is 123 Å². The van der Waals surface area contributed by atoms with E-state index in [0.717, 1.165) is 62.1 Å². The molecule has 0 saturated carbocycles. The summed E-state index contributed by atoms with van der Waals surface area (Å²) >= 11 is 0. The number of nitro groups is 1. The Kier molecular flexibility index (Phi) is 9.30. The van der Waals surface area contributed by atoms with Crippen molar-refractivity contribution in [3.05, 3.63) is 87.2 Å². The number of non-ortho nitro benzene ring substituents is 1. The van der Waals surface area contributed by atoms with E-state index in [-0.39, 0.29) is 5.69 Å². The van der Waals surface area contributed by atoms with Crippen LogP contribution in [0.15, 0.2) is 71.0 Å². The molecule has 2 heterocycles. The third-order valence-corrected chi connectivity index (χ3v) is 8.38. The molecule has 2 aromatic rings. The van der Waals surface area contributed by atoms with E-state index in [0.29, 0.717) is 24.4 Å². The van der Waals surface area contributed by atoms with Gasteiger partial charge < -0.3 is 14.7 Å². The summed E-state index contributed by atoms with van der Waals surface area (Å²) in [5.74, 6) is -0.425. The zero-order chi connectivity index (χ0) is 29.6. The van der Waals surface area contributed by atoms with Gasteiger partial charge in [0.1, 0.15) is 0 Å². The molecule has 4 rings (SSSR count). The summed E-state index contributed by atoms with van der Waals surface area (Å²) in [6.07, 6.45) is 3.76. The van der Waals surface area contributed by atoms with Gasteiger partial charge in [0, 0.05) is 31.4 Å². The number of hydrogen-bond donors (Lipinski definition) is 0. The molecule has 2 aliphatic rings. The lowest BCUT2D eigenvalue weighted by atomic mass is 9.74. The number of nitrogens with zero attached hydrogens (tertiary/aromatic N) is 6. The quantitative estimate of drug-likeness (QED) is 0.232. The number of allylic oxidation sites excluding steroid dienone is 1. The van der Waals surface area contributed by atoms with Crippen LogP contribution in [0, 0.1) is 21.4 Å². The van der Waals surface area contributed by atoms with E-state index in [2.05, 4.69) is 11.0 Å². The van der Waals surface area contributed by atoms with Gasteiger partial charge in [-0.1, -0.05) is 42.5 Å². The summed E-state index contributed by atoms with van der Waals surface area (Å²) in [5.41, 5.74) is 3.41. The highest BCUT2D eigenvalue weighted by molar-refractivity contribution is 5.92. The molecule has 0 radical (unpaired) electrons. The van der Waals surface area contributed by atoms with E-state index in [1.54, 1.807) is 24.1 Å². The minimum absolute atomic E-state index is 0.0288. The number of nitriles is 1. The van der Waals surface area contributed by atoms with Gasteiger partial charge in [0.2, 0.25) is 12.8 Å². The first-order valence-electron chi connectivity index (χ1n) is 13.8. The average molecular weight is 557 g/mol. The van der Waals surface area contributed by atoms with Crippen LogP contribution in [-0.4, -0.2) is 77.4 Å². The van der Waals surface area contributed by atoms with Crippen molar-refractivity contribution in [3.63, 3.8) is 0 Å². The van der Waals surface area contributed by atoms with E-state index in [1.807, 2.05) is 44.2 Å². The summed E-state index contributed by atoms with van der Waals surface area (Å²) in [6.45, 7) is 6.51. The largest absolute Gasteiger partial charge is 0.339 e. The van der Waals surface area contributed by atoms with Gasteiger partial charge in [-0.3, -0.25) is 24.7 Å². The maximum Gasteiger partial charge on any atom is 0.269 e. The lowest BCUT2D eigenvalue weighted by molar-refractivity contribution is -0.384. The minimum Gasteiger partial charge on any atom is -0.339 e. The molecule has 0 N–H and O–H groups in total. The number of likely N-dealkylation sites (N-methyl/N-ethyl adjacent to an activating group) is 1. The molecule has 10 heteroatoms. The van der Waals surface area contributed by atoms with Crippen LogP contribution in [0.2, 0.25) is 0 Å². The maximum atomic E-state index is 12.5. The number of likely N-dealkylation sites (tertiary alicyclic amines) is 1. The summed E-state index contributed by atoms with van der Waals surface area (Å²) in [6, 6.07) is 18.4. The Balaban J connectivity index is 1.50. The lowest BCUT2D eigenvalue weighted by Gasteiger charge is -2.41. The second kappa shape index (κ2) is 12.9. The predicted octanol–water partition coefficient (Wildman–Crippen LogP) is 4.25. The summed E-state index contributed by atoms with van der Waals surface area (Å²) in [5, 5.41) is 21.3. The number of aliphatic imine (C=N–C) groups is 1. The first kappa shape index (κ1) is 29.6. The normalized spacial score (nSPS) is 20.5. The fourth-order valence-electron chi connectivity index (χ4n) is 6.20. The van der Waals surface area contributed by atoms with Gasteiger partial charge >= 0.3 is 0 Å². The highest BCUT2D eigenvalue weighted by Gasteiger charge is 2.39. The van der Waals surface area contributed by atoms with Crippen molar-refractivity contribution >= 4 is 24.2 Å². The van der Waals surface area contributed by atoms with Crippen LogP contribution >= 0.6 is 0 Å². The standard InChI is InChI=1S/C31H36N6O4/c1-23-29(34(3)21-38)28(25-10-12-27(13-11-25)37(40)41)30(24(2)33-23)36(22-39)17-7-16-35-18-14-31(20-32,15-19-35)26-8-5-4-6-9-26/h4-6,8-13,21-22,28-29H,7,14-19H2,1-3H3. The van der Waals surface area contributed by atoms with E-state index < -0.39 is 22.3 Å². The summed E-state index contributed by atoms with van der Waals surface area (Å²) in [7, 11) is 1.67. The fourth-order valence-corrected chi connectivity index (χ4v) is 6.20. The number of hydrogen-bond acceptors (Lipinski definition) is 7. The molecule has 41 heavy (non-hydrogen) atoms. The third kappa shape index (κ3) is 6.20. The van der Waals surface area contributed by atoms with Crippen LogP contribution in [0.3, 0.4) is 0 Å². The SMILES string of the molecule is CC1=NC(C)=C(N(C=O)CCCN2CCC(C#N)(c3ccccc3)CC2)C(c2ccc([N+](=O)[O-])cc2)C1N(C)C=O. The predicted molar refractivity (Wildman–Crippen MR) is 156 cm³/mol. The molecule has 10 nitrogen and oxygen atoms in total. The van der Waals surface area contributed by atoms with Crippen molar-refractivity contribution in [3.8, 4) is 6.07 Å². The van der Waals surface area contributed by atoms with E-state index >= 15 is 0 Å². The molecular weight excluding hydrogens is 520 g/mol. The minimum atomic E-state index is -0.468. The van der Waals surface area contributed by atoms with Gasteiger partial charge in [-0.25, -0.2) is 0 Å². The molecule has 2 unspecified atom stereocenters. The second-order valence-electron chi connectivity index (χ2n) is 10.8. The first-order valence-corrected chi connectivity index (χ1v) is 13.8. The van der Waals surface area contributed by atoms with Crippen molar-refractivity contribution < 1.29 is 14.5 Å². The molecule has 1 fully saturated rings. The fraction of sp³-hybridized carbons (Fsp3) is 0.419. The third-order valence-electron chi connectivity index (χ3n) is 8.38. The molecule has 2 amide bonds. The average Bonchev–Trinajstić information content (AvgIpc) is 3.00.